The zero-order valence-corrected chi connectivity index (χ0v) is 11.8. The van der Waals surface area contributed by atoms with Crippen LogP contribution in [-0.4, -0.2) is 24.6 Å². The van der Waals surface area contributed by atoms with E-state index in [1.807, 2.05) is 12.1 Å². The molecule has 4 heteroatoms. The molecule has 1 aliphatic rings. The number of ketones is 2. The Kier molecular flexibility index (Phi) is 3.43. The molecular weight excluding hydrogens is 280 g/mol. The Morgan fingerprint density at radius 1 is 0.909 bits per heavy atom. The lowest BCUT2D eigenvalue weighted by Gasteiger charge is -2.18. The van der Waals surface area contributed by atoms with Gasteiger partial charge in [-0.15, -0.1) is 0 Å². The van der Waals surface area contributed by atoms with E-state index in [0.717, 1.165) is 11.1 Å². The van der Waals surface area contributed by atoms with Crippen molar-refractivity contribution >= 4 is 23.6 Å². The Bertz CT molecular complexity index is 831. The maximum absolute atomic E-state index is 12.2. The van der Waals surface area contributed by atoms with E-state index in [0.29, 0.717) is 16.7 Å². The van der Waals surface area contributed by atoms with Gasteiger partial charge in [0, 0.05) is 17.2 Å². The van der Waals surface area contributed by atoms with Crippen LogP contribution in [0.4, 0.5) is 0 Å². The van der Waals surface area contributed by atoms with E-state index >= 15 is 0 Å². The third-order valence-electron chi connectivity index (χ3n) is 3.57. The van der Waals surface area contributed by atoms with E-state index in [9.17, 15) is 14.4 Å². The Balaban J connectivity index is 2.13. The number of hydrogen-bond donors (Lipinski definition) is 0. The third kappa shape index (κ3) is 2.24. The van der Waals surface area contributed by atoms with Crippen LogP contribution < -0.4 is 0 Å². The van der Waals surface area contributed by atoms with E-state index in [4.69, 9.17) is 0 Å². The second kappa shape index (κ2) is 5.41. The molecule has 3 rings (SSSR count). The molecule has 0 unspecified atom stereocenters. The smallest absolute Gasteiger partial charge is 0.330 e. The van der Waals surface area contributed by atoms with Crippen molar-refractivity contribution in [3.8, 4) is 11.1 Å². The van der Waals surface area contributed by atoms with Gasteiger partial charge in [-0.05, 0) is 34.9 Å². The molecule has 0 saturated carbocycles. The number of carbonyl (C=O) groups excluding carboxylic acids is 3. The highest BCUT2D eigenvalue weighted by Crippen LogP contribution is 2.34. The summed E-state index contributed by atoms with van der Waals surface area (Å²) in [5, 5.41) is 0. The number of rotatable bonds is 2. The van der Waals surface area contributed by atoms with Crippen LogP contribution in [0.3, 0.4) is 0 Å². The van der Waals surface area contributed by atoms with Crippen molar-refractivity contribution in [3.05, 3.63) is 65.2 Å². The van der Waals surface area contributed by atoms with Crippen molar-refractivity contribution in [2.75, 3.05) is 7.11 Å². The van der Waals surface area contributed by atoms with E-state index in [2.05, 4.69) is 4.74 Å². The standard InChI is InChI=1S/C18H12O4/c1-22-16(19)9-7-11-6-8-14-15(10-11)12-4-2-3-5-13(12)17(20)18(14)21/h2-10H,1H3. The van der Waals surface area contributed by atoms with E-state index in [1.54, 1.807) is 36.4 Å². The predicted octanol–water partition coefficient (Wildman–Crippen LogP) is 2.92. The lowest BCUT2D eigenvalue weighted by molar-refractivity contribution is -0.134. The maximum atomic E-state index is 12.2. The zero-order chi connectivity index (χ0) is 15.7. The summed E-state index contributed by atoms with van der Waals surface area (Å²) in [4.78, 5) is 35.4. The summed E-state index contributed by atoms with van der Waals surface area (Å²) < 4.78 is 4.55. The van der Waals surface area contributed by atoms with Gasteiger partial charge in [0.15, 0.2) is 0 Å². The van der Waals surface area contributed by atoms with Crippen molar-refractivity contribution in [1.29, 1.82) is 0 Å². The lowest BCUT2D eigenvalue weighted by atomic mass is 9.83. The van der Waals surface area contributed by atoms with Gasteiger partial charge in [-0.1, -0.05) is 30.3 Å². The number of ether oxygens (including phenoxy) is 1. The van der Waals surface area contributed by atoms with Gasteiger partial charge in [0.25, 0.3) is 0 Å². The summed E-state index contributed by atoms with van der Waals surface area (Å²) in [5.41, 5.74) is 2.98. The fourth-order valence-electron chi connectivity index (χ4n) is 2.48. The van der Waals surface area contributed by atoms with Crippen LogP contribution in [0.5, 0.6) is 0 Å². The Morgan fingerprint density at radius 3 is 2.23 bits per heavy atom. The molecule has 0 atom stereocenters. The molecule has 0 saturated heterocycles. The third-order valence-corrected chi connectivity index (χ3v) is 3.57. The van der Waals surface area contributed by atoms with Crippen LogP contribution in [0.1, 0.15) is 26.3 Å². The van der Waals surface area contributed by atoms with E-state index < -0.39 is 17.5 Å². The van der Waals surface area contributed by atoms with Gasteiger partial charge >= 0.3 is 5.97 Å². The molecule has 2 aromatic carbocycles. The molecule has 0 heterocycles. The fourth-order valence-corrected chi connectivity index (χ4v) is 2.48. The first-order chi connectivity index (χ1) is 10.6. The van der Waals surface area contributed by atoms with Gasteiger partial charge in [0.2, 0.25) is 11.6 Å². The average molecular weight is 292 g/mol. The fraction of sp³-hybridized carbons (Fsp3) is 0.0556. The molecule has 2 aromatic rings. The molecule has 0 bridgehead atoms. The maximum Gasteiger partial charge on any atom is 0.330 e. The summed E-state index contributed by atoms with van der Waals surface area (Å²) in [6.07, 6.45) is 2.92. The molecule has 22 heavy (non-hydrogen) atoms. The number of carbonyl (C=O) groups is 3. The van der Waals surface area contributed by atoms with E-state index in [1.165, 1.54) is 13.2 Å². The molecular formula is C18H12O4. The number of hydrogen-bond acceptors (Lipinski definition) is 4. The van der Waals surface area contributed by atoms with Gasteiger partial charge in [0.05, 0.1) is 7.11 Å². The Labute approximate surface area is 127 Å². The molecule has 0 radical (unpaired) electrons. The van der Waals surface area contributed by atoms with Crippen molar-refractivity contribution in [3.63, 3.8) is 0 Å². The highest BCUT2D eigenvalue weighted by molar-refractivity contribution is 6.53. The number of fused-ring (bicyclic) bond motifs is 3. The Hall–Kier alpha value is -3.01. The molecule has 0 amide bonds. The largest absolute Gasteiger partial charge is 0.466 e. The Morgan fingerprint density at radius 2 is 1.55 bits per heavy atom. The highest BCUT2D eigenvalue weighted by Gasteiger charge is 2.29. The number of benzene rings is 2. The minimum atomic E-state index is -0.503. The van der Waals surface area contributed by atoms with Gasteiger partial charge < -0.3 is 4.74 Å². The first-order valence-corrected chi connectivity index (χ1v) is 6.70. The van der Waals surface area contributed by atoms with Gasteiger partial charge in [0.1, 0.15) is 0 Å². The highest BCUT2D eigenvalue weighted by atomic mass is 16.5. The van der Waals surface area contributed by atoms with Crippen molar-refractivity contribution in [2.24, 2.45) is 0 Å². The molecule has 0 N–H and O–H groups in total. The van der Waals surface area contributed by atoms with E-state index in [-0.39, 0.29) is 0 Å². The summed E-state index contributed by atoms with van der Waals surface area (Å²) in [7, 11) is 1.31. The second-order valence-corrected chi connectivity index (χ2v) is 4.87. The number of methoxy groups -OCH3 is 1. The summed E-state index contributed by atoms with van der Waals surface area (Å²) in [5.74, 6) is -1.44. The SMILES string of the molecule is COC(=O)C=Cc1ccc2c(c1)-c1ccccc1C(=O)C2=O. The second-order valence-electron chi connectivity index (χ2n) is 4.87. The van der Waals surface area contributed by atoms with Crippen molar-refractivity contribution < 1.29 is 19.1 Å². The van der Waals surface area contributed by atoms with Crippen LogP contribution in [-0.2, 0) is 9.53 Å². The quantitative estimate of drug-likeness (QED) is 0.485. The lowest BCUT2D eigenvalue weighted by Crippen LogP contribution is -2.21. The van der Waals surface area contributed by atoms with Gasteiger partial charge in [-0.25, -0.2) is 4.79 Å². The molecule has 1 aliphatic carbocycles. The van der Waals surface area contributed by atoms with Crippen molar-refractivity contribution in [1.82, 2.24) is 0 Å². The molecule has 0 fully saturated rings. The molecule has 0 aliphatic heterocycles. The topological polar surface area (TPSA) is 60.4 Å². The summed E-state index contributed by atoms with van der Waals surface area (Å²) in [6, 6.07) is 12.1. The average Bonchev–Trinajstić information content (AvgIpc) is 2.57. The predicted molar refractivity (Wildman–Crippen MR) is 81.6 cm³/mol. The van der Waals surface area contributed by atoms with Crippen LogP contribution in [0, 0.1) is 0 Å². The monoisotopic (exact) mass is 292 g/mol. The molecule has 0 spiro atoms. The number of Topliss-reactive ketones (excluding diaryl/α,β-unsaturated/α-hetero) is 2. The minimum absolute atomic E-state index is 0.388. The first kappa shape index (κ1) is 13.9. The zero-order valence-electron chi connectivity index (χ0n) is 11.8. The molecule has 0 aromatic heterocycles. The first-order valence-electron chi connectivity index (χ1n) is 6.70. The molecule has 4 nitrogen and oxygen atoms in total. The van der Waals surface area contributed by atoms with Crippen LogP contribution >= 0.6 is 0 Å². The van der Waals surface area contributed by atoms with Gasteiger partial charge in [-0.2, -0.15) is 0 Å². The van der Waals surface area contributed by atoms with Gasteiger partial charge in [-0.3, -0.25) is 9.59 Å². The number of esters is 1. The van der Waals surface area contributed by atoms with Crippen LogP contribution in [0.25, 0.3) is 17.2 Å². The van der Waals surface area contributed by atoms with Crippen molar-refractivity contribution in [2.45, 2.75) is 0 Å². The summed E-state index contributed by atoms with van der Waals surface area (Å²) in [6.45, 7) is 0. The molecule has 108 valence electrons. The normalized spacial score (nSPS) is 13.0. The minimum Gasteiger partial charge on any atom is -0.466 e. The summed E-state index contributed by atoms with van der Waals surface area (Å²) >= 11 is 0. The van der Waals surface area contributed by atoms with Crippen LogP contribution in [0.2, 0.25) is 0 Å². The van der Waals surface area contributed by atoms with Crippen LogP contribution in [0.15, 0.2) is 48.5 Å².